The predicted molar refractivity (Wildman–Crippen MR) is 63.7 cm³/mol. The Morgan fingerprint density at radius 2 is 2.12 bits per heavy atom. The van der Waals surface area contributed by atoms with Crippen LogP contribution in [0.2, 0.25) is 0 Å². The molecule has 2 rings (SSSR count). The summed E-state index contributed by atoms with van der Waals surface area (Å²) < 4.78 is 14.3. The van der Waals surface area contributed by atoms with Crippen molar-refractivity contribution in [3.8, 4) is 0 Å². The van der Waals surface area contributed by atoms with E-state index in [1.54, 1.807) is 19.9 Å². The van der Waals surface area contributed by atoms with E-state index < -0.39 is 11.4 Å². The van der Waals surface area contributed by atoms with E-state index in [1.165, 1.54) is 0 Å². The lowest BCUT2D eigenvalue weighted by Gasteiger charge is -2.24. The molecule has 92 valence electrons. The second-order valence-corrected chi connectivity index (χ2v) is 5.37. The molecule has 0 saturated heterocycles. The van der Waals surface area contributed by atoms with Gasteiger partial charge in [0.05, 0.1) is 6.42 Å². The molecule has 0 heterocycles. The van der Waals surface area contributed by atoms with Crippen molar-refractivity contribution in [2.75, 3.05) is 0 Å². The quantitative estimate of drug-likeness (QED) is 0.875. The number of rotatable bonds is 3. The van der Waals surface area contributed by atoms with Gasteiger partial charge in [0.2, 0.25) is 0 Å². The third kappa shape index (κ3) is 2.19. The van der Waals surface area contributed by atoms with Crippen molar-refractivity contribution < 1.29 is 14.3 Å². The van der Waals surface area contributed by atoms with Gasteiger partial charge in [-0.2, -0.15) is 0 Å². The van der Waals surface area contributed by atoms with Crippen LogP contribution < -0.4 is 0 Å². The minimum absolute atomic E-state index is 0.0529. The summed E-state index contributed by atoms with van der Waals surface area (Å²) in [5.41, 5.74) is 1.74. The largest absolute Gasteiger partial charge is 0.481 e. The Balaban J connectivity index is 2.43. The van der Waals surface area contributed by atoms with Gasteiger partial charge in [-0.25, -0.2) is 4.39 Å². The Bertz CT molecular complexity index is 464. The Hall–Kier alpha value is -1.38. The van der Waals surface area contributed by atoms with Crippen LogP contribution in [0.1, 0.15) is 43.4 Å². The van der Waals surface area contributed by atoms with Gasteiger partial charge in [0, 0.05) is 5.41 Å². The Kier molecular flexibility index (Phi) is 2.94. The number of fused-ring (bicyclic) bond motifs is 1. The number of halogens is 1. The smallest absolute Gasteiger partial charge is 0.304 e. The van der Waals surface area contributed by atoms with E-state index >= 15 is 0 Å². The molecule has 1 aliphatic rings. The molecule has 1 aromatic rings. The first kappa shape index (κ1) is 12.1. The molecule has 1 aliphatic carbocycles. The molecule has 2 nitrogen and oxygen atoms in total. The Morgan fingerprint density at radius 1 is 1.41 bits per heavy atom. The van der Waals surface area contributed by atoms with Gasteiger partial charge in [-0.15, -0.1) is 0 Å². The zero-order valence-corrected chi connectivity index (χ0v) is 10.2. The number of aryl methyl sites for hydroxylation is 1. The van der Waals surface area contributed by atoms with E-state index in [0.717, 1.165) is 30.4 Å². The van der Waals surface area contributed by atoms with Crippen LogP contribution in [0.4, 0.5) is 4.39 Å². The summed E-state index contributed by atoms with van der Waals surface area (Å²) in [5.74, 6) is -1.08. The lowest BCUT2D eigenvalue weighted by Crippen LogP contribution is -2.23. The van der Waals surface area contributed by atoms with E-state index in [0.29, 0.717) is 5.56 Å². The van der Waals surface area contributed by atoms with Gasteiger partial charge in [-0.1, -0.05) is 26.0 Å². The molecule has 0 aliphatic heterocycles. The summed E-state index contributed by atoms with van der Waals surface area (Å²) in [6.07, 6.45) is 2.65. The minimum atomic E-state index is -0.894. The summed E-state index contributed by atoms with van der Waals surface area (Å²) in [7, 11) is 0. The topological polar surface area (TPSA) is 37.3 Å². The van der Waals surface area contributed by atoms with E-state index in [1.807, 2.05) is 6.07 Å². The number of carboxylic acids is 1. The maximum atomic E-state index is 14.3. The second kappa shape index (κ2) is 4.13. The van der Waals surface area contributed by atoms with Gasteiger partial charge in [0.15, 0.2) is 0 Å². The summed E-state index contributed by atoms with van der Waals surface area (Å²) in [4.78, 5) is 10.8. The van der Waals surface area contributed by atoms with Crippen molar-refractivity contribution in [1.29, 1.82) is 0 Å². The minimum Gasteiger partial charge on any atom is -0.481 e. The fraction of sp³-hybridized carbons (Fsp3) is 0.500. The van der Waals surface area contributed by atoms with Crippen LogP contribution in [-0.2, 0) is 23.1 Å². The highest BCUT2D eigenvalue weighted by molar-refractivity contribution is 5.69. The molecule has 0 unspecified atom stereocenters. The molecule has 0 radical (unpaired) electrons. The van der Waals surface area contributed by atoms with Gasteiger partial charge in [-0.3, -0.25) is 4.79 Å². The maximum Gasteiger partial charge on any atom is 0.304 e. The zero-order chi connectivity index (χ0) is 12.6. The summed E-state index contributed by atoms with van der Waals surface area (Å²) >= 11 is 0. The zero-order valence-electron chi connectivity index (χ0n) is 10.2. The van der Waals surface area contributed by atoms with Crippen LogP contribution in [0.5, 0.6) is 0 Å². The molecule has 17 heavy (non-hydrogen) atoms. The molecule has 3 heteroatoms. The van der Waals surface area contributed by atoms with Crippen molar-refractivity contribution in [2.45, 2.75) is 44.9 Å². The molecular formula is C14H17FO2. The van der Waals surface area contributed by atoms with Crippen LogP contribution in [0.25, 0.3) is 0 Å². The third-order valence-electron chi connectivity index (χ3n) is 3.54. The van der Waals surface area contributed by atoms with Crippen LogP contribution in [0.3, 0.4) is 0 Å². The molecule has 0 aromatic heterocycles. The van der Waals surface area contributed by atoms with Gasteiger partial charge < -0.3 is 5.11 Å². The highest BCUT2D eigenvalue weighted by Crippen LogP contribution is 2.34. The van der Waals surface area contributed by atoms with Crippen molar-refractivity contribution in [3.05, 3.63) is 34.6 Å². The summed E-state index contributed by atoms with van der Waals surface area (Å²) in [6, 6.07) is 3.70. The van der Waals surface area contributed by atoms with Gasteiger partial charge in [-0.05, 0) is 36.0 Å². The maximum absolute atomic E-state index is 14.3. The molecule has 0 amide bonds. The molecule has 1 N–H and O–H groups in total. The summed E-state index contributed by atoms with van der Waals surface area (Å²) in [5, 5.41) is 8.87. The molecule has 0 atom stereocenters. The highest BCUT2D eigenvalue weighted by atomic mass is 19.1. The fourth-order valence-electron chi connectivity index (χ4n) is 2.62. The number of carboxylic acid groups (broad SMARTS) is 1. The predicted octanol–water partition coefficient (Wildman–Crippen LogP) is 3.07. The molecular weight excluding hydrogens is 219 g/mol. The number of hydrogen-bond donors (Lipinski definition) is 1. The molecule has 0 fully saturated rings. The van der Waals surface area contributed by atoms with Crippen molar-refractivity contribution in [1.82, 2.24) is 0 Å². The standard InChI is InChI=1S/C14H17FO2/c1-14(2,8-12(16)17)11-7-6-9-4-3-5-10(9)13(11)15/h6-7H,3-5,8H2,1-2H3,(H,16,17). The second-order valence-electron chi connectivity index (χ2n) is 5.37. The van der Waals surface area contributed by atoms with Crippen LogP contribution in [0.15, 0.2) is 12.1 Å². The average molecular weight is 236 g/mol. The molecule has 0 spiro atoms. The molecule has 1 aromatic carbocycles. The van der Waals surface area contributed by atoms with Gasteiger partial charge in [0.1, 0.15) is 5.82 Å². The van der Waals surface area contributed by atoms with Crippen LogP contribution in [-0.4, -0.2) is 11.1 Å². The van der Waals surface area contributed by atoms with Crippen molar-refractivity contribution in [2.24, 2.45) is 0 Å². The van der Waals surface area contributed by atoms with E-state index in [9.17, 15) is 9.18 Å². The highest BCUT2D eigenvalue weighted by Gasteiger charge is 2.29. The number of aliphatic carboxylic acids is 1. The first-order chi connectivity index (χ1) is 7.92. The number of hydrogen-bond acceptors (Lipinski definition) is 1. The van der Waals surface area contributed by atoms with E-state index in [2.05, 4.69) is 0 Å². The van der Waals surface area contributed by atoms with Crippen LogP contribution >= 0.6 is 0 Å². The lowest BCUT2D eigenvalue weighted by atomic mass is 9.80. The molecule has 0 bridgehead atoms. The van der Waals surface area contributed by atoms with Crippen molar-refractivity contribution in [3.63, 3.8) is 0 Å². The lowest BCUT2D eigenvalue weighted by molar-refractivity contribution is -0.138. The number of benzene rings is 1. The van der Waals surface area contributed by atoms with E-state index in [4.69, 9.17) is 5.11 Å². The fourth-order valence-corrected chi connectivity index (χ4v) is 2.62. The first-order valence-corrected chi connectivity index (χ1v) is 5.94. The average Bonchev–Trinajstić information content (AvgIpc) is 2.64. The van der Waals surface area contributed by atoms with Gasteiger partial charge >= 0.3 is 5.97 Å². The van der Waals surface area contributed by atoms with Gasteiger partial charge in [0.25, 0.3) is 0 Å². The van der Waals surface area contributed by atoms with Crippen molar-refractivity contribution >= 4 is 5.97 Å². The third-order valence-corrected chi connectivity index (χ3v) is 3.54. The summed E-state index contributed by atoms with van der Waals surface area (Å²) in [6.45, 7) is 3.56. The Labute approximate surface area is 100 Å². The van der Waals surface area contributed by atoms with E-state index in [-0.39, 0.29) is 12.2 Å². The first-order valence-electron chi connectivity index (χ1n) is 5.94. The Morgan fingerprint density at radius 3 is 2.76 bits per heavy atom. The SMILES string of the molecule is CC(C)(CC(=O)O)c1ccc2c(c1F)CCC2. The monoisotopic (exact) mass is 236 g/mol. The van der Waals surface area contributed by atoms with Crippen LogP contribution in [0, 0.1) is 5.82 Å². The normalized spacial score (nSPS) is 14.8. The number of carbonyl (C=O) groups is 1. The molecule has 0 saturated carbocycles.